The summed E-state index contributed by atoms with van der Waals surface area (Å²) in [5, 5.41) is 3.70. The van der Waals surface area contributed by atoms with E-state index in [2.05, 4.69) is 48.5 Å². The molecule has 2 aliphatic rings. The van der Waals surface area contributed by atoms with Gasteiger partial charge in [-0.25, -0.2) is 0 Å². The Bertz CT molecular complexity index is 419. The molecular weight excluding hydrogens is 248 g/mol. The van der Waals surface area contributed by atoms with Crippen LogP contribution < -0.4 is 10.1 Å². The molecule has 0 aliphatic carbocycles. The molecule has 3 nitrogen and oxygen atoms in total. The molecule has 2 saturated heterocycles. The highest BCUT2D eigenvalue weighted by atomic mass is 16.5. The molecule has 2 heterocycles. The number of hydrogen-bond acceptors (Lipinski definition) is 3. The fraction of sp³-hybridized carbons (Fsp3) is 0.647. The van der Waals surface area contributed by atoms with Crippen LogP contribution in [0.2, 0.25) is 0 Å². The first kappa shape index (κ1) is 13.9. The van der Waals surface area contributed by atoms with Crippen molar-refractivity contribution in [3.05, 3.63) is 29.8 Å². The third-order valence-corrected chi connectivity index (χ3v) is 4.81. The Balaban J connectivity index is 1.43. The van der Waals surface area contributed by atoms with Gasteiger partial charge in [-0.1, -0.05) is 17.7 Å². The summed E-state index contributed by atoms with van der Waals surface area (Å²) in [5.74, 6) is 0.981. The number of aryl methyl sites for hydroxylation is 1. The number of nitrogens with zero attached hydrogens (tertiary/aromatic N) is 1. The largest absolute Gasteiger partial charge is 0.492 e. The zero-order valence-corrected chi connectivity index (χ0v) is 12.6. The van der Waals surface area contributed by atoms with E-state index in [-0.39, 0.29) is 0 Å². The van der Waals surface area contributed by atoms with Crippen molar-refractivity contribution in [3.8, 4) is 5.75 Å². The van der Waals surface area contributed by atoms with Gasteiger partial charge in [-0.2, -0.15) is 0 Å². The lowest BCUT2D eigenvalue weighted by Crippen LogP contribution is -2.47. The van der Waals surface area contributed by atoms with Gasteiger partial charge in [-0.15, -0.1) is 0 Å². The van der Waals surface area contributed by atoms with Gasteiger partial charge < -0.3 is 10.1 Å². The van der Waals surface area contributed by atoms with E-state index in [9.17, 15) is 0 Å². The van der Waals surface area contributed by atoms with Crippen molar-refractivity contribution in [1.29, 1.82) is 0 Å². The highest BCUT2D eigenvalue weighted by molar-refractivity contribution is 5.26. The molecule has 2 bridgehead atoms. The van der Waals surface area contributed by atoms with Gasteiger partial charge in [0.25, 0.3) is 0 Å². The minimum absolute atomic E-state index is 0.732. The Morgan fingerprint density at radius 2 is 1.80 bits per heavy atom. The molecule has 2 atom stereocenters. The maximum atomic E-state index is 5.83. The smallest absolute Gasteiger partial charge is 0.119 e. The summed E-state index contributed by atoms with van der Waals surface area (Å²) in [5.41, 5.74) is 1.28. The Hall–Kier alpha value is -1.06. The predicted molar refractivity (Wildman–Crippen MR) is 82.3 cm³/mol. The summed E-state index contributed by atoms with van der Waals surface area (Å²) in [6.07, 6.45) is 5.35. The molecule has 20 heavy (non-hydrogen) atoms. The Labute approximate surface area is 122 Å². The highest BCUT2D eigenvalue weighted by Gasteiger charge is 2.34. The van der Waals surface area contributed by atoms with Gasteiger partial charge in [0.1, 0.15) is 12.4 Å². The molecular formula is C17H26N2O. The van der Waals surface area contributed by atoms with Gasteiger partial charge in [-0.05, 0) is 51.8 Å². The zero-order valence-electron chi connectivity index (χ0n) is 12.6. The van der Waals surface area contributed by atoms with E-state index < -0.39 is 0 Å². The van der Waals surface area contributed by atoms with Crippen LogP contribution in [0.15, 0.2) is 24.3 Å². The molecule has 1 N–H and O–H groups in total. The molecule has 0 aromatic heterocycles. The molecule has 2 unspecified atom stereocenters. The van der Waals surface area contributed by atoms with Crippen LogP contribution in [0, 0.1) is 6.92 Å². The lowest BCUT2D eigenvalue weighted by atomic mass is 9.99. The summed E-state index contributed by atoms with van der Waals surface area (Å²) in [4.78, 5) is 2.49. The lowest BCUT2D eigenvalue weighted by Gasteiger charge is -2.35. The summed E-state index contributed by atoms with van der Waals surface area (Å²) >= 11 is 0. The monoisotopic (exact) mass is 274 g/mol. The molecule has 2 fully saturated rings. The molecule has 2 aliphatic heterocycles. The second kappa shape index (κ2) is 6.15. The van der Waals surface area contributed by atoms with E-state index in [1.54, 1.807) is 0 Å². The minimum atomic E-state index is 0.732. The third kappa shape index (κ3) is 3.33. The van der Waals surface area contributed by atoms with Crippen LogP contribution in [0.1, 0.15) is 31.2 Å². The second-order valence-electron chi connectivity index (χ2n) is 6.41. The number of piperidine rings is 1. The fourth-order valence-corrected chi connectivity index (χ4v) is 3.51. The molecule has 3 rings (SSSR count). The van der Waals surface area contributed by atoms with Gasteiger partial charge in [0.05, 0.1) is 0 Å². The average Bonchev–Trinajstić information content (AvgIpc) is 2.79. The van der Waals surface area contributed by atoms with Crippen LogP contribution in [0.5, 0.6) is 5.75 Å². The molecule has 0 amide bonds. The number of fused-ring (bicyclic) bond motifs is 2. The van der Waals surface area contributed by atoms with Crippen molar-refractivity contribution in [2.24, 2.45) is 0 Å². The van der Waals surface area contributed by atoms with Crippen LogP contribution in [0.3, 0.4) is 0 Å². The number of rotatable bonds is 5. The molecule has 1 aromatic rings. The molecule has 0 spiro atoms. The van der Waals surface area contributed by atoms with Crippen molar-refractivity contribution in [2.45, 2.75) is 50.7 Å². The molecule has 1 aromatic carbocycles. The van der Waals surface area contributed by atoms with E-state index in [0.29, 0.717) is 0 Å². The fourth-order valence-electron chi connectivity index (χ4n) is 3.51. The summed E-state index contributed by atoms with van der Waals surface area (Å²) in [6.45, 7) is 3.89. The minimum Gasteiger partial charge on any atom is -0.492 e. The van der Waals surface area contributed by atoms with E-state index in [0.717, 1.165) is 37.0 Å². The first-order valence-corrected chi connectivity index (χ1v) is 7.86. The Morgan fingerprint density at radius 1 is 1.15 bits per heavy atom. The highest BCUT2D eigenvalue weighted by Crippen LogP contribution is 2.29. The molecule has 110 valence electrons. The number of nitrogens with one attached hydrogen (secondary N) is 1. The van der Waals surface area contributed by atoms with Crippen LogP contribution in [-0.2, 0) is 0 Å². The normalized spacial score (nSPS) is 28.9. The zero-order chi connectivity index (χ0) is 13.9. The van der Waals surface area contributed by atoms with E-state index in [1.165, 1.54) is 31.2 Å². The van der Waals surface area contributed by atoms with Crippen LogP contribution in [0.4, 0.5) is 0 Å². The maximum Gasteiger partial charge on any atom is 0.119 e. The van der Waals surface area contributed by atoms with Crippen molar-refractivity contribution in [2.75, 3.05) is 20.2 Å². The first-order valence-electron chi connectivity index (χ1n) is 7.86. The van der Waals surface area contributed by atoms with E-state index >= 15 is 0 Å². The van der Waals surface area contributed by atoms with Gasteiger partial charge in [0.15, 0.2) is 0 Å². The molecule has 0 radical (unpaired) electrons. The predicted octanol–water partition coefficient (Wildman–Crippen LogP) is 2.59. The first-order chi connectivity index (χ1) is 9.70. The summed E-state index contributed by atoms with van der Waals surface area (Å²) < 4.78 is 5.83. The molecule has 0 saturated carbocycles. The van der Waals surface area contributed by atoms with Crippen LogP contribution in [0.25, 0.3) is 0 Å². The van der Waals surface area contributed by atoms with Crippen molar-refractivity contribution in [1.82, 2.24) is 10.2 Å². The lowest BCUT2D eigenvalue weighted by molar-refractivity contribution is 0.147. The van der Waals surface area contributed by atoms with E-state index in [4.69, 9.17) is 4.74 Å². The van der Waals surface area contributed by atoms with Gasteiger partial charge in [0.2, 0.25) is 0 Å². The van der Waals surface area contributed by atoms with Crippen LogP contribution >= 0.6 is 0 Å². The van der Waals surface area contributed by atoms with Gasteiger partial charge >= 0.3 is 0 Å². The second-order valence-corrected chi connectivity index (χ2v) is 6.41. The number of benzene rings is 1. The number of ether oxygens (including phenoxy) is 1. The van der Waals surface area contributed by atoms with Gasteiger partial charge in [-0.3, -0.25) is 4.90 Å². The Morgan fingerprint density at radius 3 is 2.45 bits per heavy atom. The topological polar surface area (TPSA) is 24.5 Å². The quantitative estimate of drug-likeness (QED) is 0.893. The summed E-state index contributed by atoms with van der Waals surface area (Å²) in [7, 11) is 2.24. The number of likely N-dealkylation sites (N-methyl/N-ethyl adjacent to an activating group) is 1. The van der Waals surface area contributed by atoms with Crippen molar-refractivity contribution < 1.29 is 4.74 Å². The van der Waals surface area contributed by atoms with Crippen LogP contribution in [-0.4, -0.2) is 43.2 Å². The SMILES string of the molecule is Cc1ccc(OCCN(C)C2CC3CCC(C2)N3)cc1. The maximum absolute atomic E-state index is 5.83. The molecule has 3 heteroatoms. The van der Waals surface area contributed by atoms with Crippen molar-refractivity contribution in [3.63, 3.8) is 0 Å². The average molecular weight is 274 g/mol. The number of hydrogen-bond donors (Lipinski definition) is 1. The third-order valence-electron chi connectivity index (χ3n) is 4.81. The summed E-state index contributed by atoms with van der Waals surface area (Å²) in [6, 6.07) is 10.6. The van der Waals surface area contributed by atoms with E-state index in [1.807, 2.05) is 0 Å². The van der Waals surface area contributed by atoms with Crippen molar-refractivity contribution >= 4 is 0 Å². The van der Waals surface area contributed by atoms with Gasteiger partial charge in [0, 0.05) is 24.7 Å². The standard InChI is InChI=1S/C17H26N2O/c1-13-3-7-17(8-4-13)20-10-9-19(2)16-11-14-5-6-15(12-16)18-14/h3-4,7-8,14-16,18H,5-6,9-12H2,1-2H3. The Kier molecular flexibility index (Phi) is 4.27.